The number of thiazole rings is 1. The zero-order chi connectivity index (χ0) is 22.5. The van der Waals surface area contributed by atoms with Crippen LogP contribution in [0.1, 0.15) is 23.7 Å². The predicted octanol–water partition coefficient (Wildman–Crippen LogP) is 6.53. The van der Waals surface area contributed by atoms with Gasteiger partial charge in [-0.15, -0.1) is 11.3 Å². The van der Waals surface area contributed by atoms with E-state index in [0.717, 1.165) is 33.0 Å². The third-order valence-corrected chi connectivity index (χ3v) is 6.19. The number of amides is 1. The molecule has 0 atom stereocenters. The van der Waals surface area contributed by atoms with Crippen LogP contribution in [0.3, 0.4) is 0 Å². The third kappa shape index (κ3) is 5.24. The number of fused-ring (bicyclic) bond motifs is 1. The van der Waals surface area contributed by atoms with E-state index < -0.39 is 0 Å². The van der Waals surface area contributed by atoms with Crippen molar-refractivity contribution in [1.82, 2.24) is 10.3 Å². The molecule has 0 saturated heterocycles. The number of thiocarbonyl (C=S) groups is 1. The fraction of sp³-hybridized carbons (Fsp3) is 0.125. The van der Waals surface area contributed by atoms with E-state index in [1.807, 2.05) is 43.3 Å². The minimum absolute atomic E-state index is 0.157. The van der Waals surface area contributed by atoms with Gasteiger partial charge in [0.05, 0.1) is 27.5 Å². The van der Waals surface area contributed by atoms with Gasteiger partial charge < -0.3 is 10.1 Å². The van der Waals surface area contributed by atoms with Crippen LogP contribution in [0.25, 0.3) is 20.8 Å². The molecule has 0 bridgehead atoms. The lowest BCUT2D eigenvalue weighted by Crippen LogP contribution is -2.34. The van der Waals surface area contributed by atoms with Crippen LogP contribution >= 0.6 is 35.2 Å². The maximum Gasteiger partial charge on any atom is 0.257 e. The average Bonchev–Trinajstić information content (AvgIpc) is 3.23. The lowest BCUT2D eigenvalue weighted by Gasteiger charge is -2.12. The summed E-state index contributed by atoms with van der Waals surface area (Å²) in [6.45, 7) is 2.67. The molecule has 1 aromatic heterocycles. The summed E-state index contributed by atoms with van der Waals surface area (Å²) < 4.78 is 6.65. The van der Waals surface area contributed by atoms with Gasteiger partial charge in [-0.3, -0.25) is 10.1 Å². The fourth-order valence-corrected chi connectivity index (χ4v) is 4.33. The number of carbonyl (C=O) groups excluding carboxylic acids is 1. The first-order valence-electron chi connectivity index (χ1n) is 10.0. The van der Waals surface area contributed by atoms with Crippen LogP contribution in [0.2, 0.25) is 5.02 Å². The van der Waals surface area contributed by atoms with Crippen LogP contribution in [-0.4, -0.2) is 22.6 Å². The van der Waals surface area contributed by atoms with Gasteiger partial charge in [-0.2, -0.15) is 0 Å². The Bertz CT molecular complexity index is 1240. The standard InChI is InChI=1S/C24H20ClN3O2S2/c1-2-13-30-17-10-7-15(8-11-17)22(29)28-24(31)27-20-14-16(9-12-18(20)25)23-26-19-5-3-4-6-21(19)32-23/h3-12,14H,2,13H2,1H3,(H2,27,28,29,31). The molecule has 5 nitrogen and oxygen atoms in total. The Kier molecular flexibility index (Phi) is 6.99. The van der Waals surface area contributed by atoms with Crippen molar-refractivity contribution < 1.29 is 9.53 Å². The van der Waals surface area contributed by atoms with Crippen molar-refractivity contribution in [2.75, 3.05) is 11.9 Å². The minimum Gasteiger partial charge on any atom is -0.494 e. The zero-order valence-electron chi connectivity index (χ0n) is 17.2. The number of carbonyl (C=O) groups is 1. The van der Waals surface area contributed by atoms with E-state index in [2.05, 4.69) is 15.6 Å². The van der Waals surface area contributed by atoms with E-state index in [1.165, 1.54) is 0 Å². The minimum atomic E-state index is -0.317. The molecule has 0 aliphatic heterocycles. The summed E-state index contributed by atoms with van der Waals surface area (Å²) in [6, 6.07) is 20.5. The van der Waals surface area contributed by atoms with Gasteiger partial charge in [-0.05, 0) is 67.2 Å². The van der Waals surface area contributed by atoms with E-state index in [9.17, 15) is 4.79 Å². The molecule has 0 unspecified atom stereocenters. The molecular weight excluding hydrogens is 462 g/mol. The summed E-state index contributed by atoms with van der Waals surface area (Å²) in [5.74, 6) is 0.408. The Labute approximate surface area is 200 Å². The molecule has 4 aromatic rings. The molecule has 0 fully saturated rings. The van der Waals surface area contributed by atoms with E-state index in [-0.39, 0.29) is 11.0 Å². The number of nitrogens with zero attached hydrogens (tertiary/aromatic N) is 1. The highest BCUT2D eigenvalue weighted by Gasteiger charge is 2.12. The number of hydrogen-bond donors (Lipinski definition) is 2. The Hall–Kier alpha value is -3.00. The molecule has 3 aromatic carbocycles. The van der Waals surface area contributed by atoms with Crippen LogP contribution in [0.15, 0.2) is 66.7 Å². The lowest BCUT2D eigenvalue weighted by atomic mass is 10.2. The number of ether oxygens (including phenoxy) is 1. The number of nitrogens with one attached hydrogen (secondary N) is 2. The first kappa shape index (κ1) is 22.2. The molecule has 1 amide bonds. The number of rotatable bonds is 6. The van der Waals surface area contributed by atoms with Crippen molar-refractivity contribution in [3.8, 4) is 16.3 Å². The molecule has 0 saturated carbocycles. The summed E-state index contributed by atoms with van der Waals surface area (Å²) in [4.78, 5) is 17.2. The first-order chi connectivity index (χ1) is 15.5. The molecule has 2 N–H and O–H groups in total. The Balaban J connectivity index is 1.44. The molecule has 0 radical (unpaired) electrons. The second kappa shape index (κ2) is 10.1. The summed E-state index contributed by atoms with van der Waals surface area (Å²) in [7, 11) is 0. The van der Waals surface area contributed by atoms with E-state index in [4.69, 9.17) is 28.6 Å². The maximum atomic E-state index is 12.5. The van der Waals surface area contributed by atoms with Crippen molar-refractivity contribution in [1.29, 1.82) is 0 Å². The van der Waals surface area contributed by atoms with Crippen molar-refractivity contribution in [2.24, 2.45) is 0 Å². The summed E-state index contributed by atoms with van der Waals surface area (Å²) in [6.07, 6.45) is 0.922. The van der Waals surface area contributed by atoms with Crippen LogP contribution in [0.4, 0.5) is 5.69 Å². The van der Waals surface area contributed by atoms with Crippen LogP contribution in [0.5, 0.6) is 5.75 Å². The van der Waals surface area contributed by atoms with Gasteiger partial charge in [0.2, 0.25) is 0 Å². The van der Waals surface area contributed by atoms with E-state index >= 15 is 0 Å². The molecule has 32 heavy (non-hydrogen) atoms. The Morgan fingerprint density at radius 3 is 2.66 bits per heavy atom. The molecule has 8 heteroatoms. The first-order valence-corrected chi connectivity index (χ1v) is 11.6. The summed E-state index contributed by atoms with van der Waals surface area (Å²) >= 11 is 13.3. The highest BCUT2D eigenvalue weighted by molar-refractivity contribution is 7.80. The number of aromatic nitrogens is 1. The van der Waals surface area contributed by atoms with Gasteiger partial charge in [-0.25, -0.2) is 4.98 Å². The average molecular weight is 482 g/mol. The Morgan fingerprint density at radius 2 is 1.91 bits per heavy atom. The normalized spacial score (nSPS) is 10.7. The summed E-state index contributed by atoms with van der Waals surface area (Å²) in [5.41, 5.74) is 2.94. The van der Waals surface area contributed by atoms with Gasteiger partial charge in [0, 0.05) is 11.1 Å². The maximum absolute atomic E-state index is 12.5. The number of halogens is 1. The molecule has 0 spiro atoms. The van der Waals surface area contributed by atoms with Crippen molar-refractivity contribution in [3.63, 3.8) is 0 Å². The van der Waals surface area contributed by atoms with Gasteiger partial charge in [-0.1, -0.05) is 36.7 Å². The molecular formula is C24H20ClN3O2S2. The number of hydrogen-bond acceptors (Lipinski definition) is 5. The topological polar surface area (TPSA) is 63.2 Å². The molecule has 0 aliphatic carbocycles. The van der Waals surface area contributed by atoms with Gasteiger partial charge in [0.1, 0.15) is 10.8 Å². The Morgan fingerprint density at radius 1 is 1.12 bits per heavy atom. The number of para-hydroxylation sites is 1. The number of anilines is 1. The second-order valence-electron chi connectivity index (χ2n) is 6.96. The lowest BCUT2D eigenvalue weighted by molar-refractivity contribution is 0.0977. The predicted molar refractivity (Wildman–Crippen MR) is 136 cm³/mol. The van der Waals surface area contributed by atoms with Crippen LogP contribution < -0.4 is 15.4 Å². The number of benzene rings is 3. The smallest absolute Gasteiger partial charge is 0.257 e. The fourth-order valence-electron chi connectivity index (χ4n) is 3.00. The van der Waals surface area contributed by atoms with Crippen molar-refractivity contribution >= 4 is 62.1 Å². The highest BCUT2D eigenvalue weighted by atomic mass is 35.5. The second-order valence-corrected chi connectivity index (χ2v) is 8.81. The monoisotopic (exact) mass is 481 g/mol. The van der Waals surface area contributed by atoms with E-state index in [0.29, 0.717) is 22.9 Å². The van der Waals surface area contributed by atoms with Gasteiger partial charge >= 0.3 is 0 Å². The van der Waals surface area contributed by atoms with Gasteiger partial charge in [0.15, 0.2) is 5.11 Å². The summed E-state index contributed by atoms with van der Waals surface area (Å²) in [5, 5.41) is 7.23. The SMILES string of the molecule is CCCOc1ccc(C(=O)NC(=S)Nc2cc(-c3nc4ccccc4s3)ccc2Cl)cc1. The molecule has 0 aliphatic rings. The molecule has 1 heterocycles. The largest absolute Gasteiger partial charge is 0.494 e. The molecule has 4 rings (SSSR count). The zero-order valence-corrected chi connectivity index (χ0v) is 19.6. The van der Waals surface area contributed by atoms with Gasteiger partial charge in [0.25, 0.3) is 5.91 Å². The molecule has 162 valence electrons. The quantitative estimate of drug-likeness (QED) is 0.306. The van der Waals surface area contributed by atoms with Crippen molar-refractivity contribution in [2.45, 2.75) is 13.3 Å². The third-order valence-electron chi connectivity index (χ3n) is 4.57. The highest BCUT2D eigenvalue weighted by Crippen LogP contribution is 2.33. The van der Waals surface area contributed by atoms with Crippen molar-refractivity contribution in [3.05, 3.63) is 77.3 Å². The van der Waals surface area contributed by atoms with Crippen LogP contribution in [-0.2, 0) is 0 Å². The van der Waals surface area contributed by atoms with Crippen LogP contribution in [0, 0.1) is 0 Å². The van der Waals surface area contributed by atoms with E-state index in [1.54, 1.807) is 41.7 Å².